The van der Waals surface area contributed by atoms with E-state index in [4.69, 9.17) is 0 Å². The predicted molar refractivity (Wildman–Crippen MR) is 107 cm³/mol. The highest BCUT2D eigenvalue weighted by molar-refractivity contribution is 5.66. The Hall–Kier alpha value is -2.61. The molecule has 0 aliphatic rings. The first-order chi connectivity index (χ1) is 11.9. The van der Waals surface area contributed by atoms with Crippen LogP contribution in [0.5, 0.6) is 0 Å². The fourth-order valence-corrected chi connectivity index (χ4v) is 3.53. The predicted octanol–water partition coefficient (Wildman–Crippen LogP) is 4.93. The quantitative estimate of drug-likeness (QED) is 0.617. The van der Waals surface area contributed by atoms with Gasteiger partial charge >= 0.3 is 0 Å². The number of benzene rings is 2. The first-order valence-corrected chi connectivity index (χ1v) is 8.76. The van der Waals surface area contributed by atoms with Crippen LogP contribution in [0, 0.1) is 27.7 Å². The van der Waals surface area contributed by atoms with Crippen molar-refractivity contribution in [1.29, 1.82) is 0 Å². The third kappa shape index (κ3) is 3.30. The van der Waals surface area contributed by atoms with Crippen LogP contribution in [0.2, 0.25) is 0 Å². The molecule has 1 aromatic heterocycles. The van der Waals surface area contributed by atoms with Crippen LogP contribution in [0.15, 0.2) is 54.6 Å². The van der Waals surface area contributed by atoms with E-state index in [1.807, 2.05) is 0 Å². The van der Waals surface area contributed by atoms with Gasteiger partial charge in [0.05, 0.1) is 0 Å². The van der Waals surface area contributed by atoms with Crippen molar-refractivity contribution >= 4 is 5.69 Å². The van der Waals surface area contributed by atoms with Crippen LogP contribution in [0.1, 0.15) is 22.5 Å². The second-order valence-corrected chi connectivity index (χ2v) is 7.04. The number of anilines is 1. The molecule has 0 spiro atoms. The summed E-state index contributed by atoms with van der Waals surface area (Å²) >= 11 is 0. The number of hydrogen-bond donors (Lipinski definition) is 0. The number of hydrogen-bond acceptors (Lipinski definition) is 1. The maximum atomic E-state index is 2.36. The van der Waals surface area contributed by atoms with E-state index in [1.165, 1.54) is 45.0 Å². The SMILES string of the molecule is Cc1cccc(C)c1-[n+]1c(C)cc(-c2ccc(N(C)C)cc2)cc1C. The Labute approximate surface area is 151 Å². The summed E-state index contributed by atoms with van der Waals surface area (Å²) in [6.45, 7) is 8.75. The maximum Gasteiger partial charge on any atom is 0.216 e. The zero-order valence-electron chi connectivity index (χ0n) is 16.1. The number of nitrogens with zero attached hydrogens (tertiary/aromatic N) is 2. The molecule has 0 amide bonds. The summed E-state index contributed by atoms with van der Waals surface area (Å²) in [5.74, 6) is 0. The van der Waals surface area contributed by atoms with Gasteiger partial charge in [-0.25, -0.2) is 0 Å². The Bertz CT molecular complexity index is 863. The van der Waals surface area contributed by atoms with E-state index in [2.05, 4.69) is 106 Å². The molecule has 0 saturated heterocycles. The van der Waals surface area contributed by atoms with Gasteiger partial charge in [0.15, 0.2) is 11.4 Å². The molecule has 0 unspecified atom stereocenters. The van der Waals surface area contributed by atoms with Crippen molar-refractivity contribution in [1.82, 2.24) is 0 Å². The average Bonchev–Trinajstić information content (AvgIpc) is 2.56. The van der Waals surface area contributed by atoms with E-state index in [0.29, 0.717) is 0 Å². The monoisotopic (exact) mass is 331 g/mol. The molecule has 3 rings (SSSR count). The summed E-state index contributed by atoms with van der Waals surface area (Å²) in [6, 6.07) is 19.8. The topological polar surface area (TPSA) is 7.12 Å². The van der Waals surface area contributed by atoms with Gasteiger partial charge in [0.2, 0.25) is 5.69 Å². The van der Waals surface area contributed by atoms with Crippen LogP contribution in [0.25, 0.3) is 16.8 Å². The Morgan fingerprint density at radius 1 is 0.680 bits per heavy atom. The number of para-hydroxylation sites is 1. The summed E-state index contributed by atoms with van der Waals surface area (Å²) < 4.78 is 2.36. The molecule has 2 nitrogen and oxygen atoms in total. The second kappa shape index (κ2) is 6.72. The molecule has 3 aromatic rings. The summed E-state index contributed by atoms with van der Waals surface area (Å²) in [4.78, 5) is 2.13. The molecular formula is C23H27N2+. The minimum Gasteiger partial charge on any atom is -0.378 e. The number of rotatable bonds is 3. The molecule has 0 fully saturated rings. The zero-order valence-corrected chi connectivity index (χ0v) is 16.1. The van der Waals surface area contributed by atoms with Crippen molar-refractivity contribution in [3.8, 4) is 16.8 Å². The van der Waals surface area contributed by atoms with Crippen molar-refractivity contribution < 1.29 is 4.57 Å². The molecular weight excluding hydrogens is 304 g/mol. The minimum atomic E-state index is 1.22. The highest BCUT2D eigenvalue weighted by Crippen LogP contribution is 2.24. The smallest absolute Gasteiger partial charge is 0.216 e. The maximum absolute atomic E-state index is 2.36. The molecule has 0 aliphatic heterocycles. The van der Waals surface area contributed by atoms with Gasteiger partial charge in [0, 0.05) is 56.9 Å². The highest BCUT2D eigenvalue weighted by atomic mass is 15.1. The largest absolute Gasteiger partial charge is 0.378 e. The van der Waals surface area contributed by atoms with Gasteiger partial charge < -0.3 is 4.90 Å². The molecule has 2 heteroatoms. The molecule has 1 heterocycles. The molecule has 0 atom stereocenters. The van der Waals surface area contributed by atoms with Crippen molar-refractivity contribution in [2.24, 2.45) is 0 Å². The fourth-order valence-electron chi connectivity index (χ4n) is 3.53. The average molecular weight is 331 g/mol. The van der Waals surface area contributed by atoms with Crippen LogP contribution >= 0.6 is 0 Å². The molecule has 0 saturated carbocycles. The van der Waals surface area contributed by atoms with Crippen molar-refractivity contribution in [2.45, 2.75) is 27.7 Å². The van der Waals surface area contributed by atoms with Crippen LogP contribution in [-0.2, 0) is 0 Å². The van der Waals surface area contributed by atoms with Gasteiger partial charge in [0.1, 0.15) is 0 Å². The summed E-state index contributed by atoms with van der Waals surface area (Å²) in [5.41, 5.74) is 10.2. The highest BCUT2D eigenvalue weighted by Gasteiger charge is 2.20. The Morgan fingerprint density at radius 3 is 1.68 bits per heavy atom. The van der Waals surface area contributed by atoms with E-state index in [1.54, 1.807) is 0 Å². The van der Waals surface area contributed by atoms with Crippen molar-refractivity contribution in [3.63, 3.8) is 0 Å². The van der Waals surface area contributed by atoms with Crippen LogP contribution < -0.4 is 9.47 Å². The molecule has 0 bridgehead atoms. The Balaban J connectivity index is 2.09. The standard InChI is InChI=1S/C23H27N2/c1-16-8-7-9-17(2)23(16)25-18(3)14-21(15-19(25)4)20-10-12-22(13-11-20)24(5)6/h7-15H,1-6H3/q+1. The van der Waals surface area contributed by atoms with Crippen LogP contribution in [0.4, 0.5) is 5.69 Å². The molecule has 128 valence electrons. The van der Waals surface area contributed by atoms with Gasteiger partial charge in [-0.2, -0.15) is 4.57 Å². The van der Waals surface area contributed by atoms with E-state index in [0.717, 1.165) is 0 Å². The molecule has 0 radical (unpaired) electrons. The minimum absolute atomic E-state index is 1.22. The summed E-state index contributed by atoms with van der Waals surface area (Å²) in [6.07, 6.45) is 0. The first-order valence-electron chi connectivity index (χ1n) is 8.76. The normalized spacial score (nSPS) is 10.8. The van der Waals surface area contributed by atoms with Gasteiger partial charge in [-0.05, 0) is 37.1 Å². The summed E-state index contributed by atoms with van der Waals surface area (Å²) in [5, 5.41) is 0. The molecule has 25 heavy (non-hydrogen) atoms. The number of aryl methyl sites for hydroxylation is 4. The zero-order chi connectivity index (χ0) is 18.1. The lowest BCUT2D eigenvalue weighted by atomic mass is 10.0. The van der Waals surface area contributed by atoms with Gasteiger partial charge in [0.25, 0.3) is 0 Å². The first kappa shape index (κ1) is 17.2. The van der Waals surface area contributed by atoms with Gasteiger partial charge in [-0.1, -0.05) is 30.3 Å². The third-order valence-electron chi connectivity index (χ3n) is 4.81. The van der Waals surface area contributed by atoms with E-state index < -0.39 is 0 Å². The Morgan fingerprint density at radius 2 is 1.20 bits per heavy atom. The molecule has 0 N–H and O–H groups in total. The number of aromatic nitrogens is 1. The lowest BCUT2D eigenvalue weighted by Crippen LogP contribution is -2.39. The van der Waals surface area contributed by atoms with Crippen molar-refractivity contribution in [2.75, 3.05) is 19.0 Å². The van der Waals surface area contributed by atoms with Gasteiger partial charge in [-0.15, -0.1) is 0 Å². The Kier molecular flexibility index (Phi) is 4.63. The third-order valence-corrected chi connectivity index (χ3v) is 4.81. The fraction of sp³-hybridized carbons (Fsp3) is 0.261. The number of pyridine rings is 1. The van der Waals surface area contributed by atoms with Crippen LogP contribution in [-0.4, -0.2) is 14.1 Å². The van der Waals surface area contributed by atoms with E-state index >= 15 is 0 Å². The second-order valence-electron chi connectivity index (χ2n) is 7.04. The van der Waals surface area contributed by atoms with Gasteiger partial charge in [-0.3, -0.25) is 0 Å². The van der Waals surface area contributed by atoms with Crippen molar-refractivity contribution in [3.05, 3.63) is 77.1 Å². The van der Waals surface area contributed by atoms with Crippen LogP contribution in [0.3, 0.4) is 0 Å². The lowest BCUT2D eigenvalue weighted by molar-refractivity contribution is -0.610. The van der Waals surface area contributed by atoms with E-state index in [9.17, 15) is 0 Å². The lowest BCUT2D eigenvalue weighted by Gasteiger charge is -2.13. The van der Waals surface area contributed by atoms with E-state index in [-0.39, 0.29) is 0 Å². The molecule has 0 aliphatic carbocycles. The summed E-state index contributed by atoms with van der Waals surface area (Å²) in [7, 11) is 4.14. The molecule has 2 aromatic carbocycles.